The van der Waals surface area contributed by atoms with Crippen molar-refractivity contribution in [3.05, 3.63) is 54.1 Å². The number of hydrazone groups is 1. The molecule has 1 aliphatic heterocycles. The van der Waals surface area contributed by atoms with Crippen LogP contribution in [0.25, 0.3) is 0 Å². The summed E-state index contributed by atoms with van der Waals surface area (Å²) in [7, 11) is 1.29. The summed E-state index contributed by atoms with van der Waals surface area (Å²) in [5.74, 6) is -0.861. The van der Waals surface area contributed by atoms with E-state index in [0.29, 0.717) is 17.1 Å². The number of amides is 1. The number of nitrogens with one attached hydrogen (secondary N) is 1. The van der Waals surface area contributed by atoms with Gasteiger partial charge < -0.3 is 19.5 Å². The van der Waals surface area contributed by atoms with Gasteiger partial charge in [-0.25, -0.2) is 9.59 Å². The number of carbonyl (C=O) groups excluding carboxylic acids is 3. The average molecular weight is 439 g/mol. The summed E-state index contributed by atoms with van der Waals surface area (Å²) in [5.41, 5.74) is 2.21. The topological polar surface area (TPSA) is 107 Å². The number of esters is 2. The van der Waals surface area contributed by atoms with Gasteiger partial charge in [-0.15, -0.1) is 0 Å². The first-order valence-corrected chi connectivity index (χ1v) is 10.1. The summed E-state index contributed by atoms with van der Waals surface area (Å²) in [6, 6.07) is 13.5. The molecule has 0 saturated heterocycles. The number of nitrogens with zero attached hydrogens (tertiary/aromatic N) is 2. The third-order valence-corrected chi connectivity index (χ3v) is 4.78. The Balaban J connectivity index is 1.75. The number of aryl methyl sites for hydroxylation is 1. The van der Waals surface area contributed by atoms with Gasteiger partial charge in [0.05, 0.1) is 19.4 Å². The lowest BCUT2D eigenvalue weighted by molar-refractivity contribution is -0.143. The second-order valence-electron chi connectivity index (χ2n) is 7.00. The molecule has 9 nitrogen and oxygen atoms in total. The van der Waals surface area contributed by atoms with Gasteiger partial charge in [0.25, 0.3) is 0 Å². The van der Waals surface area contributed by atoms with Crippen LogP contribution in [0.1, 0.15) is 18.9 Å². The van der Waals surface area contributed by atoms with Crippen LogP contribution in [0.2, 0.25) is 0 Å². The van der Waals surface area contributed by atoms with Gasteiger partial charge in [0, 0.05) is 12.1 Å². The molecule has 32 heavy (non-hydrogen) atoms. The normalized spacial score (nSPS) is 15.0. The van der Waals surface area contributed by atoms with Crippen LogP contribution in [0.4, 0.5) is 11.4 Å². The summed E-state index contributed by atoms with van der Waals surface area (Å²) in [6.45, 7) is 3.55. The predicted octanol–water partition coefficient (Wildman–Crippen LogP) is 2.68. The monoisotopic (exact) mass is 439 g/mol. The van der Waals surface area contributed by atoms with Gasteiger partial charge in [0.15, 0.2) is 6.61 Å². The molecule has 0 fully saturated rings. The number of hydrogen-bond acceptors (Lipinski definition) is 8. The second-order valence-corrected chi connectivity index (χ2v) is 7.00. The van der Waals surface area contributed by atoms with Gasteiger partial charge in [-0.05, 0) is 49.7 Å². The molecule has 2 aromatic rings. The van der Waals surface area contributed by atoms with Gasteiger partial charge in [-0.2, -0.15) is 5.10 Å². The van der Waals surface area contributed by atoms with Crippen molar-refractivity contribution < 1.29 is 28.6 Å². The van der Waals surface area contributed by atoms with Crippen molar-refractivity contribution in [2.24, 2.45) is 5.10 Å². The van der Waals surface area contributed by atoms with Crippen molar-refractivity contribution in [2.75, 3.05) is 30.6 Å². The molecule has 0 spiro atoms. The molecule has 168 valence electrons. The first-order chi connectivity index (χ1) is 15.4. The third kappa shape index (κ3) is 5.42. The number of para-hydroxylation sites is 1. The minimum Gasteiger partial charge on any atom is -0.482 e. The number of hydrogen-bond donors (Lipinski definition) is 1. The number of benzene rings is 2. The Labute approximate surface area is 185 Å². The van der Waals surface area contributed by atoms with Crippen LogP contribution in [-0.4, -0.2) is 49.9 Å². The molecule has 1 unspecified atom stereocenters. The highest BCUT2D eigenvalue weighted by Gasteiger charge is 2.37. The number of carbonyl (C=O) groups is 3. The Bertz CT molecular complexity index is 1020. The molecule has 1 aliphatic rings. The smallest absolute Gasteiger partial charge is 0.354 e. The fourth-order valence-electron chi connectivity index (χ4n) is 3.15. The second kappa shape index (κ2) is 10.4. The lowest BCUT2D eigenvalue weighted by atomic mass is 10.1. The lowest BCUT2D eigenvalue weighted by Gasteiger charge is -2.23. The maximum atomic E-state index is 13.1. The fraction of sp³-hybridized carbons (Fsp3) is 0.304. The van der Waals surface area contributed by atoms with Crippen LogP contribution in [0.15, 0.2) is 53.6 Å². The van der Waals surface area contributed by atoms with Gasteiger partial charge in [-0.1, -0.05) is 18.2 Å². The first-order valence-electron chi connectivity index (χ1n) is 10.1. The van der Waals surface area contributed by atoms with Crippen molar-refractivity contribution in [2.45, 2.75) is 26.3 Å². The predicted molar refractivity (Wildman–Crippen MR) is 119 cm³/mol. The molecule has 0 bridgehead atoms. The summed E-state index contributed by atoms with van der Waals surface area (Å²) < 4.78 is 15.0. The average Bonchev–Trinajstić information content (AvgIpc) is 3.25. The SMILES string of the molecule is CCOC(=O)C1=NN(c2ccccc2)C(C(=O)Nc2ccc(OCC(=O)OC)cc2C)C1. The van der Waals surface area contributed by atoms with Crippen LogP contribution >= 0.6 is 0 Å². The van der Waals surface area contributed by atoms with E-state index < -0.39 is 18.0 Å². The maximum absolute atomic E-state index is 13.1. The maximum Gasteiger partial charge on any atom is 0.354 e. The summed E-state index contributed by atoms with van der Waals surface area (Å²) in [5, 5.41) is 8.78. The largest absolute Gasteiger partial charge is 0.482 e. The van der Waals surface area contributed by atoms with Crippen LogP contribution < -0.4 is 15.1 Å². The van der Waals surface area contributed by atoms with Crippen molar-refractivity contribution in [1.82, 2.24) is 0 Å². The lowest BCUT2D eigenvalue weighted by Crippen LogP contribution is -2.39. The molecule has 0 radical (unpaired) electrons. The van der Waals surface area contributed by atoms with E-state index >= 15 is 0 Å². The summed E-state index contributed by atoms with van der Waals surface area (Å²) in [6.07, 6.45) is 0.124. The van der Waals surface area contributed by atoms with E-state index in [1.807, 2.05) is 37.3 Å². The van der Waals surface area contributed by atoms with E-state index in [-0.39, 0.29) is 31.3 Å². The van der Waals surface area contributed by atoms with Crippen LogP contribution in [0.5, 0.6) is 5.75 Å². The molecule has 1 heterocycles. The highest BCUT2D eigenvalue weighted by molar-refractivity contribution is 6.38. The Hall–Kier alpha value is -3.88. The number of ether oxygens (including phenoxy) is 3. The van der Waals surface area contributed by atoms with E-state index in [9.17, 15) is 14.4 Å². The number of methoxy groups -OCH3 is 1. The first kappa shape index (κ1) is 22.8. The highest BCUT2D eigenvalue weighted by atomic mass is 16.6. The molecule has 2 aromatic carbocycles. The highest BCUT2D eigenvalue weighted by Crippen LogP contribution is 2.27. The van der Waals surface area contributed by atoms with E-state index in [0.717, 1.165) is 5.56 Å². The molecule has 9 heteroatoms. The van der Waals surface area contributed by atoms with E-state index in [1.54, 1.807) is 25.1 Å². The van der Waals surface area contributed by atoms with E-state index in [2.05, 4.69) is 15.2 Å². The molecule has 1 amide bonds. The summed E-state index contributed by atoms with van der Waals surface area (Å²) in [4.78, 5) is 36.6. The van der Waals surface area contributed by atoms with E-state index in [4.69, 9.17) is 9.47 Å². The zero-order valence-corrected chi connectivity index (χ0v) is 18.2. The molecular weight excluding hydrogens is 414 g/mol. The zero-order chi connectivity index (χ0) is 23.1. The van der Waals surface area contributed by atoms with Gasteiger partial charge in [0.1, 0.15) is 17.5 Å². The molecular formula is C23H25N3O6. The molecule has 0 saturated carbocycles. The zero-order valence-electron chi connectivity index (χ0n) is 18.2. The minimum absolute atomic E-state index is 0.124. The van der Waals surface area contributed by atoms with Crippen LogP contribution in [0, 0.1) is 6.92 Å². The molecule has 1 N–H and O–H groups in total. The van der Waals surface area contributed by atoms with Gasteiger partial charge in [-0.3, -0.25) is 9.80 Å². The Morgan fingerprint density at radius 3 is 2.56 bits per heavy atom. The van der Waals surface area contributed by atoms with Crippen LogP contribution in [0.3, 0.4) is 0 Å². The van der Waals surface area contributed by atoms with Crippen molar-refractivity contribution >= 4 is 34.9 Å². The Morgan fingerprint density at radius 1 is 1.16 bits per heavy atom. The Kier molecular flexibility index (Phi) is 7.43. The van der Waals surface area contributed by atoms with Gasteiger partial charge in [0.2, 0.25) is 5.91 Å². The molecule has 0 aliphatic carbocycles. The Morgan fingerprint density at radius 2 is 1.91 bits per heavy atom. The van der Waals surface area contributed by atoms with Crippen LogP contribution in [-0.2, 0) is 23.9 Å². The third-order valence-electron chi connectivity index (χ3n) is 4.78. The number of anilines is 2. The standard InChI is InChI=1S/C23H25N3O6/c1-4-31-23(29)19-13-20(26(25-19)16-8-6-5-7-9-16)22(28)24-18-11-10-17(12-15(18)2)32-14-21(27)30-3/h5-12,20H,4,13-14H2,1-3H3,(H,24,28). The van der Waals surface area contributed by atoms with Gasteiger partial charge >= 0.3 is 11.9 Å². The van der Waals surface area contributed by atoms with E-state index in [1.165, 1.54) is 12.1 Å². The number of rotatable bonds is 8. The minimum atomic E-state index is -0.716. The molecule has 3 rings (SSSR count). The quantitative estimate of drug-likeness (QED) is 0.630. The van der Waals surface area contributed by atoms with Crippen molar-refractivity contribution in [1.29, 1.82) is 0 Å². The molecule has 0 aromatic heterocycles. The van der Waals surface area contributed by atoms with Crippen molar-refractivity contribution in [3.63, 3.8) is 0 Å². The fourth-order valence-corrected chi connectivity index (χ4v) is 3.15. The van der Waals surface area contributed by atoms with Crippen molar-refractivity contribution in [3.8, 4) is 5.75 Å². The summed E-state index contributed by atoms with van der Waals surface area (Å²) >= 11 is 0. The molecule has 1 atom stereocenters.